The maximum absolute atomic E-state index is 11.9. The molecule has 1 saturated heterocycles. The van der Waals surface area contributed by atoms with E-state index in [2.05, 4.69) is 5.32 Å². The number of ether oxygens (including phenoxy) is 1. The minimum atomic E-state index is -0.408. The molecule has 2 amide bonds. The molecule has 2 heterocycles. The number of carbonyl (C=O) groups is 2. The summed E-state index contributed by atoms with van der Waals surface area (Å²) in [7, 11) is 0. The van der Waals surface area contributed by atoms with Gasteiger partial charge in [0.05, 0.1) is 13.2 Å². The van der Waals surface area contributed by atoms with Gasteiger partial charge in [-0.1, -0.05) is 18.2 Å². The lowest BCUT2D eigenvalue weighted by Gasteiger charge is -2.34. The van der Waals surface area contributed by atoms with Crippen molar-refractivity contribution >= 4 is 11.8 Å². The lowest BCUT2D eigenvalue weighted by molar-refractivity contribution is -0.145. The topological polar surface area (TPSA) is 58.6 Å². The highest BCUT2D eigenvalue weighted by Crippen LogP contribution is 2.34. The van der Waals surface area contributed by atoms with E-state index >= 15 is 0 Å². The molecule has 1 fully saturated rings. The third kappa shape index (κ3) is 2.05. The van der Waals surface area contributed by atoms with E-state index in [1.54, 1.807) is 11.8 Å². The Kier molecular flexibility index (Phi) is 2.89. The molecule has 19 heavy (non-hydrogen) atoms. The fourth-order valence-corrected chi connectivity index (χ4v) is 2.65. The Hall–Kier alpha value is -2.04. The predicted molar refractivity (Wildman–Crippen MR) is 68.9 cm³/mol. The zero-order valence-electron chi connectivity index (χ0n) is 10.8. The molecule has 2 aliphatic heterocycles. The molecule has 1 aromatic rings. The normalized spacial score (nSPS) is 25.8. The summed E-state index contributed by atoms with van der Waals surface area (Å²) < 4.78 is 5.61. The molecule has 3 rings (SSSR count). The molecule has 100 valence electrons. The highest BCUT2D eigenvalue weighted by Gasteiger charge is 2.35. The van der Waals surface area contributed by atoms with Crippen LogP contribution < -0.4 is 10.1 Å². The summed E-state index contributed by atoms with van der Waals surface area (Å²) in [5.74, 6) is 0.908. The first-order valence-corrected chi connectivity index (χ1v) is 6.45. The first-order valence-electron chi connectivity index (χ1n) is 6.45. The Morgan fingerprint density at radius 3 is 3.00 bits per heavy atom. The molecule has 0 spiro atoms. The summed E-state index contributed by atoms with van der Waals surface area (Å²) >= 11 is 0. The average Bonchev–Trinajstić information content (AvgIpc) is 2.83. The van der Waals surface area contributed by atoms with Crippen LogP contribution in [0.4, 0.5) is 0 Å². The SMILES string of the molecule is CC1C(=O)NCC(=O)N1CC1COc2ccccc21. The van der Waals surface area contributed by atoms with Crippen LogP contribution in [0.5, 0.6) is 5.75 Å². The molecule has 0 aromatic heterocycles. The first kappa shape index (κ1) is 12.0. The number of piperazine rings is 1. The average molecular weight is 260 g/mol. The monoisotopic (exact) mass is 260 g/mol. The van der Waals surface area contributed by atoms with E-state index < -0.39 is 6.04 Å². The molecule has 0 aliphatic carbocycles. The van der Waals surface area contributed by atoms with E-state index in [0.29, 0.717) is 13.2 Å². The van der Waals surface area contributed by atoms with Crippen LogP contribution in [0.1, 0.15) is 18.4 Å². The molecule has 1 aromatic carbocycles. The van der Waals surface area contributed by atoms with Gasteiger partial charge in [-0.15, -0.1) is 0 Å². The molecule has 1 N–H and O–H groups in total. The van der Waals surface area contributed by atoms with E-state index in [1.165, 1.54) is 0 Å². The Morgan fingerprint density at radius 1 is 1.37 bits per heavy atom. The van der Waals surface area contributed by atoms with Crippen LogP contribution in [0.2, 0.25) is 0 Å². The van der Waals surface area contributed by atoms with Gasteiger partial charge in [0.2, 0.25) is 11.8 Å². The Balaban J connectivity index is 1.78. The summed E-state index contributed by atoms with van der Waals surface area (Å²) in [6, 6.07) is 7.45. The number of benzene rings is 1. The quantitative estimate of drug-likeness (QED) is 0.843. The standard InChI is InChI=1S/C14H16N2O3/c1-9-14(18)15-6-13(17)16(9)7-10-8-19-12-5-3-2-4-11(10)12/h2-5,9-10H,6-8H2,1H3,(H,15,18). The largest absolute Gasteiger partial charge is 0.493 e. The maximum atomic E-state index is 11.9. The van der Waals surface area contributed by atoms with Gasteiger partial charge in [-0.05, 0) is 13.0 Å². The maximum Gasteiger partial charge on any atom is 0.242 e. The van der Waals surface area contributed by atoms with Crippen molar-refractivity contribution in [3.05, 3.63) is 29.8 Å². The van der Waals surface area contributed by atoms with Crippen molar-refractivity contribution in [1.82, 2.24) is 10.2 Å². The van der Waals surface area contributed by atoms with Crippen molar-refractivity contribution in [2.75, 3.05) is 19.7 Å². The Morgan fingerprint density at radius 2 is 2.16 bits per heavy atom. The van der Waals surface area contributed by atoms with E-state index in [0.717, 1.165) is 11.3 Å². The molecule has 5 nitrogen and oxygen atoms in total. The van der Waals surface area contributed by atoms with Crippen LogP contribution in [0, 0.1) is 0 Å². The summed E-state index contributed by atoms with van der Waals surface area (Å²) in [5, 5.41) is 2.59. The second-order valence-electron chi connectivity index (χ2n) is 4.99. The van der Waals surface area contributed by atoms with E-state index in [4.69, 9.17) is 4.74 Å². The van der Waals surface area contributed by atoms with Crippen molar-refractivity contribution in [2.45, 2.75) is 18.9 Å². The molecule has 2 atom stereocenters. The molecule has 0 bridgehead atoms. The van der Waals surface area contributed by atoms with Gasteiger partial charge >= 0.3 is 0 Å². The van der Waals surface area contributed by atoms with Gasteiger partial charge in [0.15, 0.2) is 0 Å². The number of nitrogens with one attached hydrogen (secondary N) is 1. The zero-order valence-corrected chi connectivity index (χ0v) is 10.8. The van der Waals surface area contributed by atoms with Crippen molar-refractivity contribution in [3.63, 3.8) is 0 Å². The minimum Gasteiger partial charge on any atom is -0.493 e. The van der Waals surface area contributed by atoms with Crippen LogP contribution >= 0.6 is 0 Å². The molecule has 0 radical (unpaired) electrons. The Bertz CT molecular complexity index is 529. The zero-order chi connectivity index (χ0) is 13.4. The highest BCUT2D eigenvalue weighted by atomic mass is 16.5. The summed E-state index contributed by atoms with van der Waals surface area (Å²) in [5.41, 5.74) is 1.12. The van der Waals surface area contributed by atoms with Gasteiger partial charge in [0.25, 0.3) is 0 Å². The number of rotatable bonds is 2. The fourth-order valence-electron chi connectivity index (χ4n) is 2.65. The van der Waals surface area contributed by atoms with Gasteiger partial charge in [0, 0.05) is 18.0 Å². The van der Waals surface area contributed by atoms with Crippen LogP contribution in [0.25, 0.3) is 0 Å². The molecular weight excluding hydrogens is 244 g/mol. The molecule has 0 saturated carbocycles. The van der Waals surface area contributed by atoms with Crippen LogP contribution in [-0.4, -0.2) is 42.5 Å². The van der Waals surface area contributed by atoms with Crippen LogP contribution in [-0.2, 0) is 9.59 Å². The summed E-state index contributed by atoms with van der Waals surface area (Å²) in [4.78, 5) is 25.2. The highest BCUT2D eigenvalue weighted by molar-refractivity contribution is 5.94. The van der Waals surface area contributed by atoms with Gasteiger partial charge in [-0.3, -0.25) is 9.59 Å². The summed E-state index contributed by atoms with van der Waals surface area (Å²) in [6.45, 7) is 2.95. The van der Waals surface area contributed by atoms with Crippen molar-refractivity contribution in [2.24, 2.45) is 0 Å². The van der Waals surface area contributed by atoms with E-state index in [1.807, 2.05) is 24.3 Å². The predicted octanol–water partition coefficient (Wildman–Crippen LogP) is 0.509. The Labute approximate surface area is 111 Å². The molecular formula is C14H16N2O3. The van der Waals surface area contributed by atoms with Crippen molar-refractivity contribution in [1.29, 1.82) is 0 Å². The van der Waals surface area contributed by atoms with Crippen molar-refractivity contribution < 1.29 is 14.3 Å². The second kappa shape index (κ2) is 4.57. The van der Waals surface area contributed by atoms with Crippen molar-refractivity contribution in [3.8, 4) is 5.75 Å². The summed E-state index contributed by atoms with van der Waals surface area (Å²) in [6.07, 6.45) is 0. The minimum absolute atomic E-state index is 0.0310. The van der Waals surface area contributed by atoms with Crippen LogP contribution in [0.3, 0.4) is 0 Å². The molecule has 2 unspecified atom stereocenters. The number of hydrogen-bond donors (Lipinski definition) is 1. The van der Waals surface area contributed by atoms with E-state index in [9.17, 15) is 9.59 Å². The fraction of sp³-hybridized carbons (Fsp3) is 0.429. The lowest BCUT2D eigenvalue weighted by atomic mass is 9.99. The third-order valence-electron chi connectivity index (χ3n) is 3.80. The molecule has 2 aliphatic rings. The number of amides is 2. The lowest BCUT2D eigenvalue weighted by Crippen LogP contribution is -2.58. The number of carbonyl (C=O) groups excluding carboxylic acids is 2. The third-order valence-corrected chi connectivity index (χ3v) is 3.80. The number of para-hydroxylation sites is 1. The van der Waals surface area contributed by atoms with Crippen LogP contribution in [0.15, 0.2) is 24.3 Å². The number of fused-ring (bicyclic) bond motifs is 1. The smallest absolute Gasteiger partial charge is 0.242 e. The van der Waals surface area contributed by atoms with Gasteiger partial charge in [-0.25, -0.2) is 0 Å². The first-order chi connectivity index (χ1) is 9.16. The van der Waals surface area contributed by atoms with Gasteiger partial charge in [0.1, 0.15) is 11.8 Å². The van der Waals surface area contributed by atoms with Gasteiger partial charge in [-0.2, -0.15) is 0 Å². The second-order valence-corrected chi connectivity index (χ2v) is 4.99. The number of hydrogen-bond acceptors (Lipinski definition) is 3. The van der Waals surface area contributed by atoms with Gasteiger partial charge < -0.3 is 15.0 Å². The van der Waals surface area contributed by atoms with E-state index in [-0.39, 0.29) is 24.3 Å². The molecule has 5 heteroatoms. The number of nitrogens with zero attached hydrogens (tertiary/aromatic N) is 1.